The molecule has 0 fully saturated rings. The zero-order chi connectivity index (χ0) is 14.1. The number of benzene rings is 2. The quantitative estimate of drug-likeness (QED) is 0.461. The molecule has 0 radical (unpaired) electrons. The third-order valence-corrected chi connectivity index (χ3v) is 5.80. The normalized spacial score (nSPS) is 12.8. The summed E-state index contributed by atoms with van der Waals surface area (Å²) in [6.45, 7) is 2.17. The molecule has 1 unspecified atom stereocenters. The Kier molecular flexibility index (Phi) is 4.16. The number of alkyl halides is 1. The minimum atomic E-state index is -0.0617. The van der Waals surface area contributed by atoms with E-state index < -0.39 is 0 Å². The van der Waals surface area contributed by atoms with Crippen molar-refractivity contribution in [3.63, 3.8) is 0 Å². The summed E-state index contributed by atoms with van der Waals surface area (Å²) in [5.41, 5.74) is 1.16. The van der Waals surface area contributed by atoms with E-state index in [4.69, 9.17) is 11.6 Å². The van der Waals surface area contributed by atoms with Crippen molar-refractivity contribution in [3.05, 3.63) is 68.3 Å². The van der Waals surface area contributed by atoms with Gasteiger partial charge in [-0.25, -0.2) is 0 Å². The third kappa shape index (κ3) is 2.78. The monoisotopic (exact) mass is 364 g/mol. The van der Waals surface area contributed by atoms with E-state index >= 15 is 0 Å². The molecular formula is C17H14BrClS. The second kappa shape index (κ2) is 5.88. The molecule has 0 saturated heterocycles. The average molecular weight is 366 g/mol. The molecule has 0 nitrogen and oxygen atoms in total. The van der Waals surface area contributed by atoms with Crippen molar-refractivity contribution < 1.29 is 0 Å². The maximum absolute atomic E-state index is 6.63. The molecule has 0 bridgehead atoms. The highest BCUT2D eigenvalue weighted by molar-refractivity contribution is 9.10. The van der Waals surface area contributed by atoms with E-state index in [0.29, 0.717) is 0 Å². The standard InChI is InChI=1S/C17H14BrClS/c1-2-15-7-8-16(20-15)17(19)13-4-3-12-10-14(18)6-5-11(12)9-13/h3-10,17H,2H2,1H3. The molecule has 1 heterocycles. The van der Waals surface area contributed by atoms with Crippen molar-refractivity contribution in [2.24, 2.45) is 0 Å². The first-order valence-corrected chi connectivity index (χ1v) is 8.64. The van der Waals surface area contributed by atoms with Gasteiger partial charge in [-0.1, -0.05) is 41.1 Å². The molecule has 0 amide bonds. The van der Waals surface area contributed by atoms with Crippen LogP contribution < -0.4 is 0 Å². The van der Waals surface area contributed by atoms with Crippen LogP contribution in [0.25, 0.3) is 10.8 Å². The molecule has 0 aliphatic heterocycles. The first kappa shape index (κ1) is 14.1. The van der Waals surface area contributed by atoms with Gasteiger partial charge in [0.25, 0.3) is 0 Å². The van der Waals surface area contributed by atoms with Gasteiger partial charge in [-0.15, -0.1) is 22.9 Å². The summed E-state index contributed by atoms with van der Waals surface area (Å²) in [4.78, 5) is 2.61. The number of thiophene rings is 1. The van der Waals surface area contributed by atoms with Crippen molar-refractivity contribution in [1.29, 1.82) is 0 Å². The lowest BCUT2D eigenvalue weighted by Crippen LogP contribution is -1.90. The Hall–Kier alpha value is -0.830. The molecule has 0 saturated carbocycles. The van der Waals surface area contributed by atoms with Crippen LogP contribution in [0.2, 0.25) is 0 Å². The Morgan fingerprint density at radius 3 is 2.55 bits per heavy atom. The van der Waals surface area contributed by atoms with Gasteiger partial charge in [0.15, 0.2) is 0 Å². The smallest absolute Gasteiger partial charge is 0.0928 e. The largest absolute Gasteiger partial charge is 0.143 e. The molecular weight excluding hydrogens is 352 g/mol. The fraction of sp³-hybridized carbons (Fsp3) is 0.176. The van der Waals surface area contributed by atoms with Crippen LogP contribution >= 0.6 is 38.9 Å². The zero-order valence-electron chi connectivity index (χ0n) is 11.1. The maximum Gasteiger partial charge on any atom is 0.0928 e. The van der Waals surface area contributed by atoms with E-state index in [1.54, 1.807) is 11.3 Å². The second-order valence-electron chi connectivity index (χ2n) is 4.77. The van der Waals surface area contributed by atoms with Gasteiger partial charge in [0.1, 0.15) is 0 Å². The molecule has 0 spiro atoms. The zero-order valence-corrected chi connectivity index (χ0v) is 14.2. The van der Waals surface area contributed by atoms with Gasteiger partial charge < -0.3 is 0 Å². The molecule has 102 valence electrons. The van der Waals surface area contributed by atoms with Gasteiger partial charge in [-0.05, 0) is 53.1 Å². The fourth-order valence-corrected chi connectivity index (χ4v) is 3.96. The van der Waals surface area contributed by atoms with Gasteiger partial charge in [0.2, 0.25) is 0 Å². The van der Waals surface area contributed by atoms with Gasteiger partial charge in [0, 0.05) is 14.2 Å². The highest BCUT2D eigenvalue weighted by Gasteiger charge is 2.13. The van der Waals surface area contributed by atoms with Crippen LogP contribution in [0.4, 0.5) is 0 Å². The second-order valence-corrected chi connectivity index (χ2v) is 7.32. The molecule has 1 atom stereocenters. The number of hydrogen-bond donors (Lipinski definition) is 0. The molecule has 2 aromatic carbocycles. The van der Waals surface area contributed by atoms with Crippen molar-refractivity contribution in [3.8, 4) is 0 Å². The molecule has 0 aliphatic carbocycles. The number of fused-ring (bicyclic) bond motifs is 1. The summed E-state index contributed by atoms with van der Waals surface area (Å²) < 4.78 is 1.10. The van der Waals surface area contributed by atoms with E-state index in [1.165, 1.54) is 20.5 Å². The van der Waals surface area contributed by atoms with Gasteiger partial charge in [-0.3, -0.25) is 0 Å². The van der Waals surface area contributed by atoms with Crippen LogP contribution in [0.3, 0.4) is 0 Å². The Balaban J connectivity index is 1.98. The number of aryl methyl sites for hydroxylation is 1. The summed E-state index contributed by atoms with van der Waals surface area (Å²) in [5.74, 6) is 0. The van der Waals surface area contributed by atoms with Gasteiger partial charge in [-0.2, -0.15) is 0 Å². The van der Waals surface area contributed by atoms with E-state index in [1.807, 2.05) is 0 Å². The first-order chi connectivity index (χ1) is 9.67. The molecule has 3 heteroatoms. The molecule has 3 rings (SSSR count). The van der Waals surface area contributed by atoms with Crippen molar-refractivity contribution >= 4 is 49.6 Å². The first-order valence-electron chi connectivity index (χ1n) is 6.59. The number of hydrogen-bond acceptors (Lipinski definition) is 1. The highest BCUT2D eigenvalue weighted by atomic mass is 79.9. The Labute approximate surface area is 136 Å². The molecule has 3 aromatic rings. The number of rotatable bonds is 3. The topological polar surface area (TPSA) is 0 Å². The van der Waals surface area contributed by atoms with Crippen molar-refractivity contribution in [2.45, 2.75) is 18.7 Å². The average Bonchev–Trinajstić information content (AvgIpc) is 2.95. The lowest BCUT2D eigenvalue weighted by Gasteiger charge is -2.09. The molecule has 20 heavy (non-hydrogen) atoms. The lowest BCUT2D eigenvalue weighted by atomic mass is 10.0. The van der Waals surface area contributed by atoms with Crippen LogP contribution in [0.1, 0.15) is 27.6 Å². The van der Waals surface area contributed by atoms with Gasteiger partial charge in [0.05, 0.1) is 5.38 Å². The highest BCUT2D eigenvalue weighted by Crippen LogP contribution is 2.35. The van der Waals surface area contributed by atoms with Crippen LogP contribution in [-0.4, -0.2) is 0 Å². The van der Waals surface area contributed by atoms with E-state index in [-0.39, 0.29) is 5.38 Å². The summed E-state index contributed by atoms with van der Waals surface area (Å²) in [5, 5.41) is 2.39. The van der Waals surface area contributed by atoms with Crippen molar-refractivity contribution in [1.82, 2.24) is 0 Å². The van der Waals surface area contributed by atoms with Crippen molar-refractivity contribution in [2.75, 3.05) is 0 Å². The Morgan fingerprint density at radius 2 is 1.80 bits per heavy atom. The van der Waals surface area contributed by atoms with Gasteiger partial charge >= 0.3 is 0 Å². The summed E-state index contributed by atoms with van der Waals surface area (Å²) in [7, 11) is 0. The van der Waals surface area contributed by atoms with Crippen LogP contribution in [0, 0.1) is 0 Å². The maximum atomic E-state index is 6.63. The minimum Gasteiger partial charge on any atom is -0.143 e. The predicted molar refractivity (Wildman–Crippen MR) is 93.0 cm³/mol. The minimum absolute atomic E-state index is 0.0617. The Bertz CT molecular complexity index is 748. The number of halogens is 2. The fourth-order valence-electron chi connectivity index (χ4n) is 2.28. The summed E-state index contributed by atoms with van der Waals surface area (Å²) in [6, 6.07) is 17.1. The van der Waals surface area contributed by atoms with E-state index in [0.717, 1.165) is 16.5 Å². The van der Waals surface area contributed by atoms with Crippen LogP contribution in [0.15, 0.2) is 53.0 Å². The van der Waals surface area contributed by atoms with E-state index in [2.05, 4.69) is 71.4 Å². The van der Waals surface area contributed by atoms with E-state index in [9.17, 15) is 0 Å². The third-order valence-electron chi connectivity index (χ3n) is 3.40. The Morgan fingerprint density at radius 1 is 1.05 bits per heavy atom. The SMILES string of the molecule is CCc1ccc(C(Cl)c2ccc3cc(Br)ccc3c2)s1. The lowest BCUT2D eigenvalue weighted by molar-refractivity contribution is 1.19. The van der Waals surface area contributed by atoms with Crippen LogP contribution in [0.5, 0.6) is 0 Å². The predicted octanol–water partition coefficient (Wildman–Crippen LogP) is 6.55. The summed E-state index contributed by atoms with van der Waals surface area (Å²) in [6.07, 6.45) is 1.07. The molecule has 0 aliphatic rings. The van der Waals surface area contributed by atoms with Crippen LogP contribution in [-0.2, 0) is 6.42 Å². The molecule has 1 aromatic heterocycles. The molecule has 0 N–H and O–H groups in total. The summed E-state index contributed by atoms with van der Waals surface area (Å²) >= 11 is 11.9.